The zero-order chi connectivity index (χ0) is 14.9. The molecule has 2 aliphatic rings. The molecule has 0 spiro atoms. The van der Waals surface area contributed by atoms with Crippen LogP contribution >= 0.6 is 0 Å². The maximum Gasteiger partial charge on any atom is 0.0195 e. The third-order valence-electron chi connectivity index (χ3n) is 5.65. The molecule has 2 fully saturated rings. The molecule has 0 heterocycles. The molecule has 0 bridgehead atoms. The SMILES string of the molecule is CCCC(CN(C1CCCCC1)C1CCCCC1)NCC. The van der Waals surface area contributed by atoms with Crippen LogP contribution in [0.5, 0.6) is 0 Å². The molecule has 2 heteroatoms. The van der Waals surface area contributed by atoms with E-state index in [1.165, 1.54) is 83.6 Å². The lowest BCUT2D eigenvalue weighted by Crippen LogP contribution is -2.51. The van der Waals surface area contributed by atoms with Crippen LogP contribution in [-0.2, 0) is 0 Å². The maximum absolute atomic E-state index is 3.75. The molecule has 1 unspecified atom stereocenters. The topological polar surface area (TPSA) is 15.3 Å². The van der Waals surface area contributed by atoms with Gasteiger partial charge in [-0.25, -0.2) is 0 Å². The van der Waals surface area contributed by atoms with E-state index in [2.05, 4.69) is 24.1 Å². The molecule has 2 nitrogen and oxygen atoms in total. The van der Waals surface area contributed by atoms with E-state index in [9.17, 15) is 0 Å². The lowest BCUT2D eigenvalue weighted by Gasteiger charge is -2.43. The summed E-state index contributed by atoms with van der Waals surface area (Å²) in [4.78, 5) is 2.96. The summed E-state index contributed by atoms with van der Waals surface area (Å²) in [7, 11) is 0. The van der Waals surface area contributed by atoms with E-state index in [-0.39, 0.29) is 0 Å². The van der Waals surface area contributed by atoms with Crippen LogP contribution in [0.1, 0.15) is 90.9 Å². The van der Waals surface area contributed by atoms with Gasteiger partial charge in [-0.3, -0.25) is 4.90 Å². The monoisotopic (exact) mass is 294 g/mol. The lowest BCUT2D eigenvalue weighted by molar-refractivity contribution is 0.0691. The fourth-order valence-electron chi connectivity index (χ4n) is 4.57. The first-order valence-corrected chi connectivity index (χ1v) is 9.84. The summed E-state index contributed by atoms with van der Waals surface area (Å²) in [5, 5.41) is 3.75. The molecule has 0 aromatic carbocycles. The molecule has 2 saturated carbocycles. The molecule has 0 radical (unpaired) electrons. The van der Waals surface area contributed by atoms with Gasteiger partial charge in [0.1, 0.15) is 0 Å². The van der Waals surface area contributed by atoms with Crippen molar-refractivity contribution < 1.29 is 0 Å². The van der Waals surface area contributed by atoms with Crippen molar-refractivity contribution in [1.29, 1.82) is 0 Å². The molecule has 2 aliphatic carbocycles. The van der Waals surface area contributed by atoms with Gasteiger partial charge < -0.3 is 5.32 Å². The fourth-order valence-corrected chi connectivity index (χ4v) is 4.57. The maximum atomic E-state index is 3.75. The van der Waals surface area contributed by atoms with E-state index >= 15 is 0 Å². The van der Waals surface area contributed by atoms with E-state index in [0.717, 1.165) is 18.6 Å². The molecular weight excluding hydrogens is 256 g/mol. The Morgan fingerprint density at radius 2 is 1.38 bits per heavy atom. The summed E-state index contributed by atoms with van der Waals surface area (Å²) in [5.41, 5.74) is 0. The summed E-state index contributed by atoms with van der Waals surface area (Å²) < 4.78 is 0. The van der Waals surface area contributed by atoms with Crippen molar-refractivity contribution in [2.45, 2.75) is 109 Å². The van der Waals surface area contributed by atoms with Crippen LogP contribution in [-0.4, -0.2) is 36.1 Å². The Balaban J connectivity index is 1.98. The van der Waals surface area contributed by atoms with Gasteiger partial charge in [0.05, 0.1) is 0 Å². The highest BCUT2D eigenvalue weighted by atomic mass is 15.2. The number of rotatable bonds is 8. The molecule has 21 heavy (non-hydrogen) atoms. The number of nitrogens with one attached hydrogen (secondary N) is 1. The van der Waals surface area contributed by atoms with Crippen LogP contribution < -0.4 is 5.32 Å². The molecule has 0 saturated heterocycles. The minimum absolute atomic E-state index is 0.712. The van der Waals surface area contributed by atoms with Crippen molar-refractivity contribution in [3.05, 3.63) is 0 Å². The highest BCUT2D eigenvalue weighted by molar-refractivity contribution is 4.86. The van der Waals surface area contributed by atoms with E-state index in [4.69, 9.17) is 0 Å². The van der Waals surface area contributed by atoms with E-state index in [1.807, 2.05) is 0 Å². The average molecular weight is 295 g/mol. The Morgan fingerprint density at radius 3 is 1.81 bits per heavy atom. The summed E-state index contributed by atoms with van der Waals surface area (Å²) >= 11 is 0. The molecule has 1 atom stereocenters. The van der Waals surface area contributed by atoms with Gasteiger partial charge >= 0.3 is 0 Å². The summed E-state index contributed by atoms with van der Waals surface area (Å²) in [5.74, 6) is 0. The van der Waals surface area contributed by atoms with Gasteiger partial charge in [-0.2, -0.15) is 0 Å². The molecule has 0 aromatic rings. The predicted octanol–water partition coefficient (Wildman–Crippen LogP) is 4.73. The van der Waals surface area contributed by atoms with Crippen LogP contribution in [0.25, 0.3) is 0 Å². The molecule has 124 valence electrons. The lowest BCUT2D eigenvalue weighted by atomic mass is 9.88. The van der Waals surface area contributed by atoms with Crippen LogP contribution in [0.4, 0.5) is 0 Å². The molecule has 2 rings (SSSR count). The van der Waals surface area contributed by atoms with Gasteiger partial charge in [-0.15, -0.1) is 0 Å². The Hall–Kier alpha value is -0.0800. The van der Waals surface area contributed by atoms with Gasteiger partial charge in [-0.1, -0.05) is 58.8 Å². The molecule has 0 amide bonds. The number of hydrogen-bond donors (Lipinski definition) is 1. The Labute approximate surface area is 133 Å². The summed E-state index contributed by atoms with van der Waals surface area (Å²) in [6.45, 7) is 7.01. The highest BCUT2D eigenvalue weighted by Crippen LogP contribution is 2.30. The number of likely N-dealkylation sites (N-methyl/N-ethyl adjacent to an activating group) is 1. The fraction of sp³-hybridized carbons (Fsp3) is 1.00. The van der Waals surface area contributed by atoms with E-state index < -0.39 is 0 Å². The second-order valence-corrected chi connectivity index (χ2v) is 7.32. The Bertz CT molecular complexity index is 230. The van der Waals surface area contributed by atoms with Crippen molar-refractivity contribution in [1.82, 2.24) is 10.2 Å². The quantitative estimate of drug-likeness (QED) is 0.696. The second-order valence-electron chi connectivity index (χ2n) is 7.32. The Kier molecular flexibility index (Phi) is 8.10. The first-order chi connectivity index (χ1) is 10.3. The standard InChI is InChI=1S/C19H38N2/c1-3-11-17(20-4-2)16-21(18-12-7-5-8-13-18)19-14-9-6-10-15-19/h17-20H,3-16H2,1-2H3. The zero-order valence-corrected chi connectivity index (χ0v) is 14.6. The van der Waals surface area contributed by atoms with Crippen LogP contribution in [0.15, 0.2) is 0 Å². The number of hydrogen-bond acceptors (Lipinski definition) is 2. The zero-order valence-electron chi connectivity index (χ0n) is 14.6. The van der Waals surface area contributed by atoms with Crippen molar-refractivity contribution in [3.63, 3.8) is 0 Å². The van der Waals surface area contributed by atoms with Gasteiger partial charge in [0.15, 0.2) is 0 Å². The third-order valence-corrected chi connectivity index (χ3v) is 5.65. The van der Waals surface area contributed by atoms with E-state index in [1.54, 1.807) is 0 Å². The first-order valence-electron chi connectivity index (χ1n) is 9.84. The highest BCUT2D eigenvalue weighted by Gasteiger charge is 2.30. The van der Waals surface area contributed by atoms with E-state index in [0.29, 0.717) is 6.04 Å². The van der Waals surface area contributed by atoms with Gasteiger partial charge in [-0.05, 0) is 38.6 Å². The summed E-state index contributed by atoms with van der Waals surface area (Å²) in [6, 6.07) is 2.49. The van der Waals surface area contributed by atoms with Gasteiger partial charge in [0.2, 0.25) is 0 Å². The van der Waals surface area contributed by atoms with Crippen LogP contribution in [0, 0.1) is 0 Å². The third kappa shape index (κ3) is 5.56. The molecule has 1 N–H and O–H groups in total. The molecule has 0 aliphatic heterocycles. The predicted molar refractivity (Wildman–Crippen MR) is 92.8 cm³/mol. The normalized spacial score (nSPS) is 23.6. The average Bonchev–Trinajstić information content (AvgIpc) is 2.54. The summed E-state index contributed by atoms with van der Waals surface area (Å²) in [6.07, 6.45) is 17.3. The van der Waals surface area contributed by atoms with Crippen molar-refractivity contribution in [3.8, 4) is 0 Å². The van der Waals surface area contributed by atoms with Gasteiger partial charge in [0, 0.05) is 24.7 Å². The number of nitrogens with zero attached hydrogens (tertiary/aromatic N) is 1. The minimum Gasteiger partial charge on any atom is -0.313 e. The van der Waals surface area contributed by atoms with Crippen molar-refractivity contribution in [2.24, 2.45) is 0 Å². The van der Waals surface area contributed by atoms with Crippen molar-refractivity contribution in [2.75, 3.05) is 13.1 Å². The first kappa shape index (κ1) is 17.3. The van der Waals surface area contributed by atoms with Gasteiger partial charge in [0.25, 0.3) is 0 Å². The molecule has 0 aromatic heterocycles. The second kappa shape index (κ2) is 9.84. The van der Waals surface area contributed by atoms with Crippen LogP contribution in [0.2, 0.25) is 0 Å². The van der Waals surface area contributed by atoms with Crippen molar-refractivity contribution >= 4 is 0 Å². The molecular formula is C19H38N2. The largest absolute Gasteiger partial charge is 0.313 e. The minimum atomic E-state index is 0.712. The van der Waals surface area contributed by atoms with Crippen LogP contribution in [0.3, 0.4) is 0 Å². The smallest absolute Gasteiger partial charge is 0.0195 e. The Morgan fingerprint density at radius 1 is 0.857 bits per heavy atom.